The van der Waals surface area contributed by atoms with Crippen molar-refractivity contribution in [2.75, 3.05) is 19.6 Å². The van der Waals surface area contributed by atoms with E-state index in [1.807, 2.05) is 51.1 Å². The lowest BCUT2D eigenvalue weighted by atomic mass is 9.64. The van der Waals surface area contributed by atoms with Crippen molar-refractivity contribution in [3.05, 3.63) is 48.6 Å². The lowest BCUT2D eigenvalue weighted by Crippen LogP contribution is -2.68. The number of benzene rings is 1. The van der Waals surface area contributed by atoms with E-state index in [0.29, 0.717) is 13.0 Å². The summed E-state index contributed by atoms with van der Waals surface area (Å²) in [6.45, 7) is 12.0. The Hall–Kier alpha value is -2.34. The number of carbonyl (C=O) groups is 2. The number of carboxylic acids is 1. The molecule has 166 valence electrons. The SMILES string of the molecule is C=CC[C@H](CN1CCCCC1)[C@@](NC(=O)OCc1ccccc1)(C(=O)O)C(C)(C)C. The second kappa shape index (κ2) is 10.6. The molecule has 1 aliphatic heterocycles. The molecule has 0 radical (unpaired) electrons. The Labute approximate surface area is 180 Å². The molecule has 0 spiro atoms. The van der Waals surface area contributed by atoms with Crippen LogP contribution in [0.4, 0.5) is 4.79 Å². The number of amides is 1. The molecule has 1 amide bonds. The van der Waals surface area contributed by atoms with Gasteiger partial charge in [-0.05, 0) is 43.3 Å². The van der Waals surface area contributed by atoms with Crippen LogP contribution in [0.1, 0.15) is 52.0 Å². The lowest BCUT2D eigenvalue weighted by Gasteiger charge is -2.48. The molecule has 1 aromatic carbocycles. The average Bonchev–Trinajstić information content (AvgIpc) is 2.70. The molecule has 1 saturated heterocycles. The molecule has 1 heterocycles. The van der Waals surface area contributed by atoms with Crippen LogP contribution in [0.15, 0.2) is 43.0 Å². The zero-order valence-electron chi connectivity index (χ0n) is 18.5. The van der Waals surface area contributed by atoms with E-state index >= 15 is 0 Å². The van der Waals surface area contributed by atoms with Gasteiger partial charge >= 0.3 is 12.1 Å². The fraction of sp³-hybridized carbons (Fsp3) is 0.583. The number of likely N-dealkylation sites (tertiary alicyclic amines) is 1. The maximum Gasteiger partial charge on any atom is 0.408 e. The summed E-state index contributed by atoms with van der Waals surface area (Å²) in [5.41, 5.74) is -1.39. The van der Waals surface area contributed by atoms with Crippen molar-refractivity contribution >= 4 is 12.1 Å². The first kappa shape index (κ1) is 23.9. The van der Waals surface area contributed by atoms with Gasteiger partial charge in [0.15, 0.2) is 0 Å². The monoisotopic (exact) mass is 416 g/mol. The van der Waals surface area contributed by atoms with Crippen molar-refractivity contribution in [2.45, 2.75) is 58.6 Å². The number of rotatable bonds is 9. The predicted octanol–water partition coefficient (Wildman–Crippen LogP) is 4.46. The predicted molar refractivity (Wildman–Crippen MR) is 118 cm³/mol. The summed E-state index contributed by atoms with van der Waals surface area (Å²) in [6.07, 6.45) is 4.94. The first-order chi connectivity index (χ1) is 14.2. The summed E-state index contributed by atoms with van der Waals surface area (Å²) < 4.78 is 5.39. The van der Waals surface area contributed by atoms with Crippen LogP contribution >= 0.6 is 0 Å². The van der Waals surface area contributed by atoms with Gasteiger partial charge in [0.2, 0.25) is 0 Å². The standard InChI is InChI=1S/C24H36N2O4/c1-5-12-20(17-26-15-10-7-11-16-26)24(21(27)28,23(2,3)4)25-22(29)30-18-19-13-8-6-9-14-19/h5-6,8-9,13-14,20H,1,7,10-12,15-18H2,2-4H3,(H,25,29)(H,27,28)/t20-,24-/m1/s1. The molecule has 6 nitrogen and oxygen atoms in total. The molecule has 2 rings (SSSR count). The highest BCUT2D eigenvalue weighted by Gasteiger charge is 2.55. The van der Waals surface area contributed by atoms with Crippen molar-refractivity contribution in [3.8, 4) is 0 Å². The number of ether oxygens (including phenoxy) is 1. The number of carbonyl (C=O) groups excluding carboxylic acids is 1. The molecule has 0 aromatic heterocycles. The van der Waals surface area contributed by atoms with E-state index in [1.54, 1.807) is 6.08 Å². The van der Waals surface area contributed by atoms with Crippen molar-refractivity contribution < 1.29 is 19.4 Å². The van der Waals surface area contributed by atoms with Crippen molar-refractivity contribution in [2.24, 2.45) is 11.3 Å². The third-order valence-electron chi connectivity index (χ3n) is 6.02. The van der Waals surface area contributed by atoms with Crippen LogP contribution in [-0.2, 0) is 16.1 Å². The van der Waals surface area contributed by atoms with E-state index in [-0.39, 0.29) is 12.5 Å². The smallest absolute Gasteiger partial charge is 0.408 e. The molecule has 0 unspecified atom stereocenters. The Bertz CT molecular complexity index is 708. The molecule has 6 heteroatoms. The number of nitrogens with one attached hydrogen (secondary N) is 1. The highest BCUT2D eigenvalue weighted by atomic mass is 16.5. The number of allylic oxidation sites excluding steroid dienone is 1. The maximum absolute atomic E-state index is 12.7. The number of hydrogen-bond acceptors (Lipinski definition) is 4. The number of hydrogen-bond donors (Lipinski definition) is 2. The van der Waals surface area contributed by atoms with Gasteiger partial charge in [-0.3, -0.25) is 0 Å². The first-order valence-electron chi connectivity index (χ1n) is 10.8. The molecule has 1 fully saturated rings. The number of carboxylic acid groups (broad SMARTS) is 1. The Morgan fingerprint density at radius 3 is 2.37 bits per heavy atom. The average molecular weight is 417 g/mol. The van der Waals surface area contributed by atoms with E-state index in [1.165, 1.54) is 6.42 Å². The summed E-state index contributed by atoms with van der Waals surface area (Å²) in [5.74, 6) is -1.38. The maximum atomic E-state index is 12.7. The zero-order valence-corrected chi connectivity index (χ0v) is 18.5. The molecule has 0 saturated carbocycles. The first-order valence-corrected chi connectivity index (χ1v) is 10.8. The lowest BCUT2D eigenvalue weighted by molar-refractivity contribution is -0.154. The van der Waals surface area contributed by atoms with Crippen molar-refractivity contribution in [1.82, 2.24) is 10.2 Å². The van der Waals surface area contributed by atoms with E-state index in [4.69, 9.17) is 4.74 Å². The third-order valence-corrected chi connectivity index (χ3v) is 6.02. The highest BCUT2D eigenvalue weighted by Crippen LogP contribution is 2.40. The summed E-state index contributed by atoms with van der Waals surface area (Å²) >= 11 is 0. The highest BCUT2D eigenvalue weighted by molar-refractivity contribution is 5.86. The van der Waals surface area contributed by atoms with Gasteiger partial charge in [-0.25, -0.2) is 9.59 Å². The molecule has 2 atom stereocenters. The molecule has 2 N–H and O–H groups in total. The second-order valence-corrected chi connectivity index (χ2v) is 9.13. The fourth-order valence-corrected chi connectivity index (χ4v) is 4.41. The van der Waals surface area contributed by atoms with Gasteiger partial charge in [0.1, 0.15) is 12.1 Å². The largest absolute Gasteiger partial charge is 0.479 e. The normalized spacial score (nSPS) is 18.1. The summed E-state index contributed by atoms with van der Waals surface area (Å²) in [7, 11) is 0. The van der Waals surface area contributed by atoms with E-state index in [2.05, 4.69) is 16.8 Å². The Morgan fingerprint density at radius 1 is 1.20 bits per heavy atom. The minimum absolute atomic E-state index is 0.0881. The van der Waals surface area contributed by atoms with Gasteiger partial charge < -0.3 is 20.1 Å². The molecule has 1 aliphatic rings. The number of alkyl carbamates (subject to hydrolysis) is 1. The Morgan fingerprint density at radius 2 is 1.83 bits per heavy atom. The van der Waals surface area contributed by atoms with E-state index < -0.39 is 23.0 Å². The molecular formula is C24H36N2O4. The van der Waals surface area contributed by atoms with Gasteiger partial charge in [-0.1, -0.05) is 63.6 Å². The third kappa shape index (κ3) is 5.85. The second-order valence-electron chi connectivity index (χ2n) is 9.13. The minimum Gasteiger partial charge on any atom is -0.479 e. The summed E-state index contributed by atoms with van der Waals surface area (Å²) in [4.78, 5) is 27.8. The molecule has 1 aromatic rings. The van der Waals surface area contributed by atoms with Crippen molar-refractivity contribution in [1.29, 1.82) is 0 Å². The zero-order chi connectivity index (χ0) is 22.2. The van der Waals surface area contributed by atoms with Crippen LogP contribution in [-0.4, -0.2) is 47.2 Å². The molecule has 0 aliphatic carbocycles. The quantitative estimate of drug-likeness (QED) is 0.581. The topological polar surface area (TPSA) is 78.9 Å². The van der Waals surface area contributed by atoms with Crippen LogP contribution in [0.2, 0.25) is 0 Å². The van der Waals surface area contributed by atoms with Gasteiger partial charge in [0, 0.05) is 12.5 Å². The molecule has 0 bridgehead atoms. The summed E-state index contributed by atoms with van der Waals surface area (Å²) in [6, 6.07) is 9.34. The molecule has 30 heavy (non-hydrogen) atoms. The van der Waals surface area contributed by atoms with Crippen LogP contribution in [0, 0.1) is 11.3 Å². The van der Waals surface area contributed by atoms with Crippen LogP contribution in [0.5, 0.6) is 0 Å². The van der Waals surface area contributed by atoms with Gasteiger partial charge in [-0.2, -0.15) is 0 Å². The Kier molecular flexibility index (Phi) is 8.47. The van der Waals surface area contributed by atoms with Crippen LogP contribution in [0.3, 0.4) is 0 Å². The van der Waals surface area contributed by atoms with E-state index in [0.717, 1.165) is 31.5 Å². The van der Waals surface area contributed by atoms with Gasteiger partial charge in [0.25, 0.3) is 0 Å². The molecular weight excluding hydrogens is 380 g/mol. The Balaban J connectivity index is 2.26. The van der Waals surface area contributed by atoms with Gasteiger partial charge in [-0.15, -0.1) is 6.58 Å². The van der Waals surface area contributed by atoms with Gasteiger partial charge in [0.05, 0.1) is 0 Å². The van der Waals surface area contributed by atoms with Crippen LogP contribution in [0.25, 0.3) is 0 Å². The van der Waals surface area contributed by atoms with Crippen LogP contribution < -0.4 is 5.32 Å². The number of nitrogens with zero attached hydrogens (tertiary/aromatic N) is 1. The van der Waals surface area contributed by atoms with E-state index in [9.17, 15) is 14.7 Å². The number of piperidine rings is 1. The minimum atomic E-state index is -1.49. The van der Waals surface area contributed by atoms with Crippen molar-refractivity contribution in [3.63, 3.8) is 0 Å². The fourth-order valence-electron chi connectivity index (χ4n) is 4.41. The summed E-state index contributed by atoms with van der Waals surface area (Å²) in [5, 5.41) is 13.2. The number of aliphatic carboxylic acids is 1.